The van der Waals surface area contributed by atoms with Crippen molar-refractivity contribution in [1.29, 1.82) is 0 Å². The van der Waals surface area contributed by atoms with Crippen LogP contribution in [0.4, 0.5) is 0 Å². The third kappa shape index (κ3) is 7.06. The molecule has 4 nitrogen and oxygen atoms in total. The predicted molar refractivity (Wildman–Crippen MR) is 121 cm³/mol. The van der Waals surface area contributed by atoms with Crippen LogP contribution in [0.1, 0.15) is 29.2 Å². The van der Waals surface area contributed by atoms with Crippen molar-refractivity contribution in [2.24, 2.45) is 0 Å². The maximum atomic E-state index is 12.5. The molecule has 1 unspecified atom stereocenters. The number of hydrogen-bond donors (Lipinski definition) is 2. The molecule has 3 rings (SSSR count). The summed E-state index contributed by atoms with van der Waals surface area (Å²) in [5.74, 6) is -0.303. The Kier molecular flexibility index (Phi) is 7.98. The number of carbonyl (C=O) groups is 2. The number of carbonyl (C=O) groups excluding carboxylic acids is 2. The molecule has 3 aromatic rings. The molecule has 0 aliphatic rings. The Morgan fingerprint density at radius 2 is 1.40 bits per heavy atom. The molecule has 0 saturated heterocycles. The highest BCUT2D eigenvalue weighted by Crippen LogP contribution is 2.18. The quantitative estimate of drug-likeness (QED) is 0.528. The molecule has 152 valence electrons. The van der Waals surface area contributed by atoms with E-state index in [1.165, 1.54) is 6.08 Å². The molecule has 0 aromatic heterocycles. The number of nitrogens with one attached hydrogen (secondary N) is 2. The van der Waals surface area contributed by atoms with Gasteiger partial charge in [-0.2, -0.15) is 0 Å². The summed E-state index contributed by atoms with van der Waals surface area (Å²) in [5, 5.41) is 5.87. The molecule has 0 radical (unpaired) electrons. The van der Waals surface area contributed by atoms with Crippen LogP contribution < -0.4 is 10.6 Å². The Morgan fingerprint density at radius 1 is 0.800 bits per heavy atom. The van der Waals surface area contributed by atoms with Crippen molar-refractivity contribution < 1.29 is 9.59 Å². The van der Waals surface area contributed by atoms with Crippen LogP contribution in [0, 0.1) is 0 Å². The summed E-state index contributed by atoms with van der Waals surface area (Å²) in [7, 11) is 0. The van der Waals surface area contributed by atoms with E-state index in [9.17, 15) is 9.59 Å². The van der Waals surface area contributed by atoms with Gasteiger partial charge in [-0.05, 0) is 29.2 Å². The summed E-state index contributed by atoms with van der Waals surface area (Å²) in [6.07, 6.45) is 4.17. The largest absolute Gasteiger partial charge is 0.352 e. The normalized spacial score (nSPS) is 11.7. The van der Waals surface area contributed by atoms with Gasteiger partial charge >= 0.3 is 0 Å². The zero-order valence-electron chi connectivity index (χ0n) is 16.8. The van der Waals surface area contributed by atoms with E-state index in [-0.39, 0.29) is 30.8 Å². The summed E-state index contributed by atoms with van der Waals surface area (Å²) in [4.78, 5) is 24.5. The lowest BCUT2D eigenvalue weighted by molar-refractivity contribution is -0.122. The van der Waals surface area contributed by atoms with Crippen LogP contribution in [0.25, 0.3) is 6.08 Å². The zero-order chi connectivity index (χ0) is 21.0. The first-order chi connectivity index (χ1) is 14.7. The van der Waals surface area contributed by atoms with E-state index in [1.807, 2.05) is 78.9 Å². The molecule has 0 bridgehead atoms. The average Bonchev–Trinajstić information content (AvgIpc) is 2.79. The number of amides is 2. The fraction of sp³-hybridized carbons (Fsp3) is 0.154. The van der Waals surface area contributed by atoms with Gasteiger partial charge in [0, 0.05) is 19.0 Å². The van der Waals surface area contributed by atoms with Crippen LogP contribution >= 0.6 is 0 Å². The third-order valence-electron chi connectivity index (χ3n) is 4.70. The average molecular weight is 399 g/mol. The molecule has 2 amide bonds. The Hall–Kier alpha value is -3.66. The monoisotopic (exact) mass is 398 g/mol. The van der Waals surface area contributed by atoms with Gasteiger partial charge in [0.25, 0.3) is 0 Å². The van der Waals surface area contributed by atoms with Gasteiger partial charge in [0.2, 0.25) is 11.8 Å². The molecule has 3 aromatic carbocycles. The van der Waals surface area contributed by atoms with E-state index in [0.29, 0.717) is 6.42 Å². The van der Waals surface area contributed by atoms with Crippen LogP contribution in [0.2, 0.25) is 0 Å². The molecule has 0 heterocycles. The first-order valence-corrected chi connectivity index (χ1v) is 10.1. The number of rotatable bonds is 9. The van der Waals surface area contributed by atoms with E-state index < -0.39 is 0 Å². The minimum atomic E-state index is -0.212. The van der Waals surface area contributed by atoms with Gasteiger partial charge in [-0.25, -0.2) is 0 Å². The third-order valence-corrected chi connectivity index (χ3v) is 4.70. The molecule has 0 spiro atoms. The lowest BCUT2D eigenvalue weighted by atomic mass is 9.98. The van der Waals surface area contributed by atoms with Gasteiger partial charge in [-0.15, -0.1) is 0 Å². The van der Waals surface area contributed by atoms with Crippen molar-refractivity contribution in [3.63, 3.8) is 0 Å². The molecular formula is C26H26N2O2. The van der Waals surface area contributed by atoms with Gasteiger partial charge in [-0.3, -0.25) is 9.59 Å². The fourth-order valence-corrected chi connectivity index (χ4v) is 3.15. The molecule has 30 heavy (non-hydrogen) atoms. The van der Waals surface area contributed by atoms with Crippen molar-refractivity contribution in [3.05, 3.63) is 114 Å². The number of benzene rings is 3. The summed E-state index contributed by atoms with van der Waals surface area (Å²) in [6, 6.07) is 29.5. The van der Waals surface area contributed by atoms with E-state index in [2.05, 4.69) is 22.8 Å². The van der Waals surface area contributed by atoms with E-state index >= 15 is 0 Å². The predicted octanol–water partition coefficient (Wildman–Crippen LogP) is 4.31. The van der Waals surface area contributed by atoms with Crippen LogP contribution in [0.5, 0.6) is 0 Å². The van der Waals surface area contributed by atoms with Gasteiger partial charge in [0.05, 0.1) is 6.04 Å². The van der Waals surface area contributed by atoms with Gasteiger partial charge in [-0.1, -0.05) is 91.0 Å². The van der Waals surface area contributed by atoms with E-state index in [0.717, 1.165) is 16.7 Å². The highest BCUT2D eigenvalue weighted by atomic mass is 16.2. The standard InChI is InChI=1S/C26H26N2O2/c29-25(17-16-21-10-4-1-5-11-21)27-19-18-26(30)28-24(23-14-8-3-9-15-23)20-22-12-6-2-7-13-22/h1-17,24H,18-20H2,(H,27,29)(H,28,30). The minimum absolute atomic E-state index is 0.0906. The molecule has 4 heteroatoms. The van der Waals surface area contributed by atoms with E-state index in [1.54, 1.807) is 6.08 Å². The van der Waals surface area contributed by atoms with Gasteiger partial charge < -0.3 is 10.6 Å². The second-order valence-corrected chi connectivity index (χ2v) is 7.01. The molecule has 2 N–H and O–H groups in total. The summed E-state index contributed by atoms with van der Waals surface area (Å²) >= 11 is 0. The summed E-state index contributed by atoms with van der Waals surface area (Å²) in [6.45, 7) is 0.288. The Morgan fingerprint density at radius 3 is 2.07 bits per heavy atom. The molecule has 1 atom stereocenters. The SMILES string of the molecule is O=C(C=Cc1ccccc1)NCCC(=O)NC(Cc1ccccc1)c1ccccc1. The first-order valence-electron chi connectivity index (χ1n) is 10.1. The highest BCUT2D eigenvalue weighted by Gasteiger charge is 2.15. The second kappa shape index (κ2) is 11.4. The number of hydrogen-bond acceptors (Lipinski definition) is 2. The molecule has 0 saturated carbocycles. The van der Waals surface area contributed by atoms with E-state index in [4.69, 9.17) is 0 Å². The second-order valence-electron chi connectivity index (χ2n) is 7.01. The van der Waals surface area contributed by atoms with Crippen LogP contribution in [0.15, 0.2) is 97.1 Å². The summed E-state index contributed by atoms with van der Waals surface area (Å²) in [5.41, 5.74) is 3.17. The molecule has 0 aliphatic heterocycles. The van der Waals surface area contributed by atoms with Gasteiger partial charge in [0.1, 0.15) is 0 Å². The maximum Gasteiger partial charge on any atom is 0.244 e. The molecule has 0 aliphatic carbocycles. The maximum absolute atomic E-state index is 12.5. The van der Waals surface area contributed by atoms with Gasteiger partial charge in [0.15, 0.2) is 0 Å². The Bertz CT molecular complexity index is 954. The molecule has 0 fully saturated rings. The van der Waals surface area contributed by atoms with Crippen molar-refractivity contribution in [3.8, 4) is 0 Å². The Labute approximate surface area is 177 Å². The lowest BCUT2D eigenvalue weighted by Crippen LogP contribution is -2.33. The van der Waals surface area contributed by atoms with Crippen molar-refractivity contribution >= 4 is 17.9 Å². The zero-order valence-corrected chi connectivity index (χ0v) is 16.8. The topological polar surface area (TPSA) is 58.2 Å². The van der Waals surface area contributed by atoms with Crippen molar-refractivity contribution in [2.75, 3.05) is 6.54 Å². The smallest absolute Gasteiger partial charge is 0.244 e. The highest BCUT2D eigenvalue weighted by molar-refractivity contribution is 5.92. The lowest BCUT2D eigenvalue weighted by Gasteiger charge is -2.19. The van der Waals surface area contributed by atoms with Crippen molar-refractivity contribution in [1.82, 2.24) is 10.6 Å². The van der Waals surface area contributed by atoms with Crippen LogP contribution in [0.3, 0.4) is 0 Å². The van der Waals surface area contributed by atoms with Crippen LogP contribution in [-0.2, 0) is 16.0 Å². The first kappa shape index (κ1) is 21.1. The van der Waals surface area contributed by atoms with Crippen LogP contribution in [-0.4, -0.2) is 18.4 Å². The Balaban J connectivity index is 1.50. The molecular weight excluding hydrogens is 372 g/mol. The summed E-state index contributed by atoms with van der Waals surface area (Å²) < 4.78 is 0. The minimum Gasteiger partial charge on any atom is -0.352 e. The fourth-order valence-electron chi connectivity index (χ4n) is 3.15. The van der Waals surface area contributed by atoms with Crippen molar-refractivity contribution in [2.45, 2.75) is 18.9 Å².